The van der Waals surface area contributed by atoms with Gasteiger partial charge in [0, 0.05) is 18.9 Å². The van der Waals surface area contributed by atoms with Gasteiger partial charge in [-0.05, 0) is 45.6 Å². The number of carbonyl (C=O) groups excluding carboxylic acids is 1. The highest BCUT2D eigenvalue weighted by atomic mass is 16.5. The van der Waals surface area contributed by atoms with Crippen molar-refractivity contribution in [2.45, 2.75) is 52.2 Å². The highest BCUT2D eigenvalue weighted by molar-refractivity contribution is 5.92. The third-order valence-electron chi connectivity index (χ3n) is 4.23. The van der Waals surface area contributed by atoms with Crippen LogP contribution in [0.25, 0.3) is 0 Å². The second-order valence-electron chi connectivity index (χ2n) is 5.49. The Morgan fingerprint density at radius 2 is 2.10 bits per heavy atom. The predicted molar refractivity (Wildman–Crippen MR) is 79.8 cm³/mol. The minimum atomic E-state index is -0.367. The number of rotatable bonds is 4. The molecule has 1 aromatic rings. The molecule has 0 aliphatic heterocycles. The topological polar surface area (TPSA) is 57.5 Å². The van der Waals surface area contributed by atoms with E-state index in [0.717, 1.165) is 19.3 Å². The Labute approximate surface area is 124 Å². The molecule has 2 rings (SSSR count). The maximum Gasteiger partial charge on any atom is 0.340 e. The van der Waals surface area contributed by atoms with Crippen molar-refractivity contribution in [3.05, 3.63) is 33.2 Å². The van der Waals surface area contributed by atoms with Gasteiger partial charge in [-0.3, -0.25) is 4.79 Å². The summed E-state index contributed by atoms with van der Waals surface area (Å²) >= 11 is 0. The van der Waals surface area contributed by atoms with Crippen LogP contribution in [0.5, 0.6) is 0 Å². The number of ether oxygens (including phenoxy) is 2. The molecule has 5 nitrogen and oxygen atoms in total. The van der Waals surface area contributed by atoms with E-state index in [1.165, 1.54) is 6.07 Å². The summed E-state index contributed by atoms with van der Waals surface area (Å²) in [7, 11) is 1.67. The van der Waals surface area contributed by atoms with Crippen molar-refractivity contribution in [3.63, 3.8) is 0 Å². The van der Waals surface area contributed by atoms with Gasteiger partial charge in [-0.25, -0.2) is 4.79 Å². The van der Waals surface area contributed by atoms with Gasteiger partial charge in [0.2, 0.25) is 0 Å². The number of pyridine rings is 1. The van der Waals surface area contributed by atoms with Crippen LogP contribution in [-0.2, 0) is 9.47 Å². The standard InChI is InChI=1S/C16H23NO4/c1-5-21-16(19)15-10(2)9-14(18)17(11(15)3)12-7-6-8-13(12)20-4/h9,12-13H,5-8H2,1-4H3. The van der Waals surface area contributed by atoms with Crippen LogP contribution in [0.4, 0.5) is 0 Å². The molecule has 1 aromatic heterocycles. The van der Waals surface area contributed by atoms with Gasteiger partial charge < -0.3 is 14.0 Å². The first-order valence-electron chi connectivity index (χ1n) is 7.43. The highest BCUT2D eigenvalue weighted by Crippen LogP contribution is 2.32. The van der Waals surface area contributed by atoms with E-state index >= 15 is 0 Å². The second-order valence-corrected chi connectivity index (χ2v) is 5.49. The lowest BCUT2D eigenvalue weighted by Crippen LogP contribution is -2.33. The van der Waals surface area contributed by atoms with Crippen LogP contribution in [0.2, 0.25) is 0 Å². The quantitative estimate of drug-likeness (QED) is 0.800. The normalized spacial score (nSPS) is 21.5. The Balaban J connectivity index is 2.54. The van der Waals surface area contributed by atoms with Crippen molar-refractivity contribution in [3.8, 4) is 0 Å². The number of nitrogens with zero attached hydrogens (tertiary/aromatic N) is 1. The van der Waals surface area contributed by atoms with E-state index in [9.17, 15) is 9.59 Å². The summed E-state index contributed by atoms with van der Waals surface area (Å²) in [5, 5.41) is 0. The van der Waals surface area contributed by atoms with Crippen LogP contribution in [0.15, 0.2) is 10.9 Å². The summed E-state index contributed by atoms with van der Waals surface area (Å²) in [6, 6.07) is 1.51. The summed E-state index contributed by atoms with van der Waals surface area (Å²) in [6.45, 7) is 5.68. The molecule has 0 spiro atoms. The van der Waals surface area contributed by atoms with E-state index < -0.39 is 0 Å². The average Bonchev–Trinajstić information content (AvgIpc) is 2.86. The number of hydrogen-bond donors (Lipinski definition) is 0. The monoisotopic (exact) mass is 293 g/mol. The molecule has 0 saturated heterocycles. The summed E-state index contributed by atoms with van der Waals surface area (Å²) < 4.78 is 12.3. The molecular formula is C16H23NO4. The maximum atomic E-state index is 12.4. The lowest BCUT2D eigenvalue weighted by molar-refractivity contribution is 0.0518. The highest BCUT2D eigenvalue weighted by Gasteiger charge is 2.31. The lowest BCUT2D eigenvalue weighted by atomic mass is 10.1. The number of esters is 1. The van der Waals surface area contributed by atoms with Gasteiger partial charge in [0.05, 0.1) is 24.3 Å². The molecule has 1 fully saturated rings. The number of aryl methyl sites for hydroxylation is 1. The molecule has 2 unspecified atom stereocenters. The molecule has 0 bridgehead atoms. The molecule has 1 aliphatic carbocycles. The first-order valence-corrected chi connectivity index (χ1v) is 7.43. The predicted octanol–water partition coefficient (Wildman–Crippen LogP) is 2.38. The van der Waals surface area contributed by atoms with Crippen LogP contribution in [0, 0.1) is 13.8 Å². The number of aromatic nitrogens is 1. The molecule has 5 heteroatoms. The third-order valence-corrected chi connectivity index (χ3v) is 4.23. The molecule has 2 atom stereocenters. The Morgan fingerprint density at radius 1 is 1.38 bits per heavy atom. The van der Waals surface area contributed by atoms with Crippen LogP contribution >= 0.6 is 0 Å². The van der Waals surface area contributed by atoms with Gasteiger partial charge in [0.1, 0.15) is 0 Å². The first kappa shape index (κ1) is 15.8. The lowest BCUT2D eigenvalue weighted by Gasteiger charge is -2.24. The van der Waals surface area contributed by atoms with Gasteiger partial charge in [-0.2, -0.15) is 0 Å². The largest absolute Gasteiger partial charge is 0.462 e. The fourth-order valence-electron chi connectivity index (χ4n) is 3.30. The van der Waals surface area contributed by atoms with Crippen LogP contribution in [-0.4, -0.2) is 30.4 Å². The number of hydrogen-bond acceptors (Lipinski definition) is 4. The van der Waals surface area contributed by atoms with Gasteiger partial charge in [-0.15, -0.1) is 0 Å². The Hall–Kier alpha value is -1.62. The Bertz CT molecular complexity index is 591. The molecule has 1 heterocycles. The van der Waals surface area contributed by atoms with Crippen molar-refractivity contribution < 1.29 is 14.3 Å². The van der Waals surface area contributed by atoms with Crippen molar-refractivity contribution >= 4 is 5.97 Å². The molecule has 116 valence electrons. The summed E-state index contributed by atoms with van der Waals surface area (Å²) in [6.07, 6.45) is 2.89. The molecule has 0 radical (unpaired) electrons. The zero-order chi connectivity index (χ0) is 15.6. The van der Waals surface area contributed by atoms with E-state index in [1.54, 1.807) is 25.5 Å². The minimum absolute atomic E-state index is 0.00345. The molecule has 0 amide bonds. The second kappa shape index (κ2) is 6.43. The van der Waals surface area contributed by atoms with Gasteiger partial charge in [0.15, 0.2) is 0 Å². The van der Waals surface area contributed by atoms with Crippen molar-refractivity contribution in [2.24, 2.45) is 0 Å². The smallest absolute Gasteiger partial charge is 0.340 e. The van der Waals surface area contributed by atoms with Crippen LogP contribution in [0.1, 0.15) is 53.8 Å². The van der Waals surface area contributed by atoms with Gasteiger partial charge in [0.25, 0.3) is 5.56 Å². The van der Waals surface area contributed by atoms with Crippen molar-refractivity contribution in [1.82, 2.24) is 4.57 Å². The van der Waals surface area contributed by atoms with E-state index in [1.807, 2.05) is 6.92 Å². The molecule has 21 heavy (non-hydrogen) atoms. The van der Waals surface area contributed by atoms with E-state index in [-0.39, 0.29) is 23.7 Å². The molecular weight excluding hydrogens is 270 g/mol. The maximum absolute atomic E-state index is 12.4. The average molecular weight is 293 g/mol. The van der Waals surface area contributed by atoms with Gasteiger partial charge >= 0.3 is 5.97 Å². The summed E-state index contributed by atoms with van der Waals surface area (Å²) in [5.41, 5.74) is 1.76. The number of carbonyl (C=O) groups is 1. The minimum Gasteiger partial charge on any atom is -0.462 e. The zero-order valence-electron chi connectivity index (χ0n) is 13.1. The van der Waals surface area contributed by atoms with E-state index in [4.69, 9.17) is 9.47 Å². The Morgan fingerprint density at radius 3 is 2.71 bits per heavy atom. The third kappa shape index (κ3) is 2.88. The zero-order valence-corrected chi connectivity index (χ0v) is 13.1. The summed E-state index contributed by atoms with van der Waals surface area (Å²) in [4.78, 5) is 24.5. The van der Waals surface area contributed by atoms with E-state index in [0.29, 0.717) is 23.4 Å². The van der Waals surface area contributed by atoms with Crippen molar-refractivity contribution in [1.29, 1.82) is 0 Å². The number of methoxy groups -OCH3 is 1. The molecule has 0 aromatic carbocycles. The molecule has 0 N–H and O–H groups in total. The molecule has 1 aliphatic rings. The van der Waals surface area contributed by atoms with Crippen molar-refractivity contribution in [2.75, 3.05) is 13.7 Å². The van der Waals surface area contributed by atoms with Crippen LogP contribution < -0.4 is 5.56 Å². The first-order chi connectivity index (χ1) is 10.0. The Kier molecular flexibility index (Phi) is 4.83. The van der Waals surface area contributed by atoms with E-state index in [2.05, 4.69) is 0 Å². The fourth-order valence-corrected chi connectivity index (χ4v) is 3.30. The fraction of sp³-hybridized carbons (Fsp3) is 0.625. The van der Waals surface area contributed by atoms with Gasteiger partial charge in [-0.1, -0.05) is 0 Å². The SMILES string of the molecule is CCOC(=O)c1c(C)cc(=O)n(C2CCCC2OC)c1C. The summed E-state index contributed by atoms with van der Waals surface area (Å²) in [5.74, 6) is -0.367. The van der Waals surface area contributed by atoms with Crippen LogP contribution in [0.3, 0.4) is 0 Å². The molecule has 1 saturated carbocycles.